The van der Waals surface area contributed by atoms with Crippen molar-refractivity contribution >= 4 is 0 Å². The van der Waals surface area contributed by atoms with Gasteiger partial charge in [-0.1, -0.05) is 32.1 Å². The second kappa shape index (κ2) is 6.59. The molecule has 0 bridgehead atoms. The lowest BCUT2D eigenvalue weighted by Gasteiger charge is -1.96. The minimum Gasteiger partial charge on any atom is -0.264 e. The summed E-state index contributed by atoms with van der Waals surface area (Å²) in [6.07, 6.45) is 4.59. The van der Waals surface area contributed by atoms with Crippen molar-refractivity contribution in [2.75, 3.05) is 0 Å². The van der Waals surface area contributed by atoms with Crippen molar-refractivity contribution in [2.45, 2.75) is 27.2 Å². The molecule has 1 aromatic rings. The van der Waals surface area contributed by atoms with Gasteiger partial charge in [0.25, 0.3) is 0 Å². The predicted molar refractivity (Wildman–Crippen MR) is 54.1 cm³/mol. The molecule has 0 unspecified atom stereocenters. The maximum Gasteiger partial charge on any atom is 0.0303 e. The normalized spacial score (nSPS) is 8.25. The van der Waals surface area contributed by atoms with Crippen LogP contribution < -0.4 is 0 Å². The van der Waals surface area contributed by atoms with E-state index < -0.39 is 0 Å². The first-order chi connectivity index (χ1) is 5.79. The Balaban J connectivity index is 0.000000561. The van der Waals surface area contributed by atoms with Crippen molar-refractivity contribution in [3.05, 3.63) is 42.2 Å². The lowest BCUT2D eigenvalue weighted by molar-refractivity contribution is 1.12. The third kappa shape index (κ3) is 4.67. The van der Waals surface area contributed by atoms with Crippen LogP contribution in [0.25, 0.3) is 0 Å². The molecule has 0 saturated heterocycles. The van der Waals surface area contributed by atoms with Crippen LogP contribution in [0.2, 0.25) is 0 Å². The number of hydrogen-bond donors (Lipinski definition) is 0. The van der Waals surface area contributed by atoms with Gasteiger partial charge in [-0.3, -0.25) is 4.98 Å². The lowest BCUT2D eigenvalue weighted by Crippen LogP contribution is -1.84. The van der Waals surface area contributed by atoms with Gasteiger partial charge in [-0.25, -0.2) is 0 Å². The van der Waals surface area contributed by atoms with E-state index in [9.17, 15) is 0 Å². The zero-order valence-electron chi connectivity index (χ0n) is 8.17. The van der Waals surface area contributed by atoms with Gasteiger partial charge in [0.05, 0.1) is 0 Å². The molecule has 1 nitrogen and oxygen atoms in total. The molecule has 0 amide bonds. The Morgan fingerprint density at radius 2 is 2.17 bits per heavy atom. The molecule has 0 aromatic carbocycles. The number of rotatable bonds is 2. The van der Waals surface area contributed by atoms with Crippen molar-refractivity contribution < 1.29 is 0 Å². The number of hydrogen-bond acceptors (Lipinski definition) is 1. The molecule has 0 radical (unpaired) electrons. The second-order valence-corrected chi connectivity index (χ2v) is 2.50. The molecule has 0 spiro atoms. The fourth-order valence-electron chi connectivity index (χ4n) is 0.851. The zero-order chi connectivity index (χ0) is 9.40. The first-order valence-electron chi connectivity index (χ1n) is 4.32. The highest BCUT2D eigenvalue weighted by Crippen LogP contribution is 2.02. The summed E-state index contributed by atoms with van der Waals surface area (Å²) in [5, 5.41) is 0. The number of allylic oxidation sites excluding steroid dienone is 1. The molecule has 12 heavy (non-hydrogen) atoms. The van der Waals surface area contributed by atoms with Crippen LogP contribution in [0.15, 0.2) is 36.7 Å². The summed E-state index contributed by atoms with van der Waals surface area (Å²) in [5.41, 5.74) is 2.41. The Labute approximate surface area is 75.2 Å². The van der Waals surface area contributed by atoms with Crippen molar-refractivity contribution in [2.24, 2.45) is 0 Å². The molecule has 0 N–H and O–H groups in total. The van der Waals surface area contributed by atoms with E-state index in [1.807, 2.05) is 33.0 Å². The summed E-state index contributed by atoms with van der Waals surface area (Å²) in [4.78, 5) is 4.00. The first-order valence-corrected chi connectivity index (χ1v) is 4.32. The highest BCUT2D eigenvalue weighted by atomic mass is 14.6. The summed E-state index contributed by atoms with van der Waals surface area (Å²) in [6, 6.07) is 4.00. The minimum absolute atomic E-state index is 0.938. The summed E-state index contributed by atoms with van der Waals surface area (Å²) >= 11 is 0. The topological polar surface area (TPSA) is 12.9 Å². The van der Waals surface area contributed by atoms with Crippen LogP contribution in [0.3, 0.4) is 0 Å². The molecule has 0 saturated carbocycles. The largest absolute Gasteiger partial charge is 0.264 e. The molecule has 1 heteroatoms. The van der Waals surface area contributed by atoms with E-state index in [1.54, 1.807) is 6.20 Å². The van der Waals surface area contributed by atoms with Gasteiger partial charge in [0.1, 0.15) is 0 Å². The van der Waals surface area contributed by atoms with Crippen molar-refractivity contribution in [3.63, 3.8) is 0 Å². The van der Waals surface area contributed by atoms with E-state index >= 15 is 0 Å². The number of nitrogens with zero attached hydrogens (tertiary/aromatic N) is 1. The highest BCUT2D eigenvalue weighted by Gasteiger charge is 1.89. The smallest absolute Gasteiger partial charge is 0.0303 e. The maximum atomic E-state index is 4.00. The van der Waals surface area contributed by atoms with E-state index in [-0.39, 0.29) is 0 Å². The summed E-state index contributed by atoms with van der Waals surface area (Å²) in [6.45, 7) is 9.84. The van der Waals surface area contributed by atoms with E-state index in [0.717, 1.165) is 6.42 Å². The minimum atomic E-state index is 0.938. The Bertz CT molecular complexity index is 214. The van der Waals surface area contributed by atoms with Crippen LogP contribution in [0, 0.1) is 0 Å². The average Bonchev–Trinajstić information content (AvgIpc) is 2.08. The lowest BCUT2D eigenvalue weighted by atomic mass is 10.1. The summed E-state index contributed by atoms with van der Waals surface area (Å²) < 4.78 is 0. The Hall–Kier alpha value is -1.11. The summed E-state index contributed by atoms with van der Waals surface area (Å²) in [5.74, 6) is 0. The number of pyridine rings is 1. The molecular formula is C11H17N. The molecule has 0 fully saturated rings. The van der Waals surface area contributed by atoms with Gasteiger partial charge in [0.15, 0.2) is 0 Å². The molecule has 0 aliphatic rings. The Morgan fingerprint density at radius 1 is 1.50 bits per heavy atom. The molecule has 66 valence electrons. The van der Waals surface area contributed by atoms with Crippen molar-refractivity contribution in [3.8, 4) is 0 Å². The van der Waals surface area contributed by atoms with Gasteiger partial charge >= 0.3 is 0 Å². The van der Waals surface area contributed by atoms with E-state index in [4.69, 9.17) is 0 Å². The SMILES string of the molecule is C=C(C)Cc1cccnc1.CC. The molecule has 0 aliphatic heterocycles. The predicted octanol–water partition coefficient (Wildman–Crippen LogP) is 3.23. The van der Waals surface area contributed by atoms with Crippen LogP contribution in [0.4, 0.5) is 0 Å². The van der Waals surface area contributed by atoms with Crippen molar-refractivity contribution in [1.29, 1.82) is 0 Å². The van der Waals surface area contributed by atoms with Gasteiger partial charge in [-0.2, -0.15) is 0 Å². The highest BCUT2D eigenvalue weighted by molar-refractivity contribution is 5.15. The molecule has 0 aliphatic carbocycles. The van der Waals surface area contributed by atoms with Crippen LogP contribution in [-0.4, -0.2) is 4.98 Å². The van der Waals surface area contributed by atoms with Gasteiger partial charge in [-0.05, 0) is 25.0 Å². The maximum absolute atomic E-state index is 4.00. The van der Waals surface area contributed by atoms with Crippen LogP contribution >= 0.6 is 0 Å². The summed E-state index contributed by atoms with van der Waals surface area (Å²) in [7, 11) is 0. The van der Waals surface area contributed by atoms with Gasteiger partial charge < -0.3 is 0 Å². The fourth-order valence-corrected chi connectivity index (χ4v) is 0.851. The average molecular weight is 163 g/mol. The molecular weight excluding hydrogens is 146 g/mol. The van der Waals surface area contributed by atoms with Gasteiger partial charge in [0, 0.05) is 12.4 Å². The molecule has 1 heterocycles. The molecule has 1 rings (SSSR count). The third-order valence-corrected chi connectivity index (χ3v) is 1.23. The van der Waals surface area contributed by atoms with Gasteiger partial charge in [-0.15, -0.1) is 0 Å². The van der Waals surface area contributed by atoms with E-state index in [2.05, 4.69) is 17.6 Å². The molecule has 0 atom stereocenters. The zero-order valence-corrected chi connectivity index (χ0v) is 8.17. The van der Waals surface area contributed by atoms with E-state index in [1.165, 1.54) is 11.1 Å². The van der Waals surface area contributed by atoms with E-state index in [0.29, 0.717) is 0 Å². The Kier molecular flexibility index (Phi) is 5.98. The van der Waals surface area contributed by atoms with Crippen molar-refractivity contribution in [1.82, 2.24) is 4.98 Å². The molecule has 1 aromatic heterocycles. The van der Waals surface area contributed by atoms with Crippen LogP contribution in [0.1, 0.15) is 26.3 Å². The first kappa shape index (κ1) is 10.9. The Morgan fingerprint density at radius 3 is 2.58 bits per heavy atom. The number of aromatic nitrogens is 1. The third-order valence-electron chi connectivity index (χ3n) is 1.23. The standard InChI is InChI=1S/C9H11N.C2H6/c1-8(2)6-9-4-3-5-10-7-9;1-2/h3-5,7H,1,6H2,2H3;1-2H3. The van der Waals surface area contributed by atoms with Crippen LogP contribution in [0.5, 0.6) is 0 Å². The fraction of sp³-hybridized carbons (Fsp3) is 0.364. The van der Waals surface area contributed by atoms with Gasteiger partial charge in [0.2, 0.25) is 0 Å². The second-order valence-electron chi connectivity index (χ2n) is 2.50. The van der Waals surface area contributed by atoms with Crippen LogP contribution in [-0.2, 0) is 6.42 Å². The monoisotopic (exact) mass is 163 g/mol. The quantitative estimate of drug-likeness (QED) is 0.610.